The molecule has 0 aliphatic carbocycles. The highest BCUT2D eigenvalue weighted by atomic mass is 79.9. The van der Waals surface area contributed by atoms with Gasteiger partial charge in [-0.3, -0.25) is 4.79 Å². The van der Waals surface area contributed by atoms with Crippen LogP contribution in [0.3, 0.4) is 0 Å². The first-order chi connectivity index (χ1) is 10.2. The molecule has 1 aromatic carbocycles. The first-order valence-electron chi connectivity index (χ1n) is 5.98. The normalized spacial score (nSPS) is 11.4. The maximum atomic E-state index is 12.9. The molecule has 3 nitrogen and oxygen atoms in total. The molecule has 1 amide bonds. The van der Waals surface area contributed by atoms with Crippen molar-refractivity contribution in [3.05, 3.63) is 56.8 Å². The third-order valence-corrected chi connectivity index (χ3v) is 3.59. The maximum absolute atomic E-state index is 12.9. The first-order valence-corrected chi connectivity index (χ1v) is 7.16. The number of carbonyl (C=O) groups excluding carboxylic acids is 1. The Morgan fingerprint density at radius 2 is 2.00 bits per heavy atom. The van der Waals surface area contributed by atoms with Gasteiger partial charge in [0, 0.05) is 16.4 Å². The fourth-order valence-corrected chi connectivity index (χ4v) is 2.31. The van der Waals surface area contributed by atoms with Crippen LogP contribution in [0.25, 0.3) is 0 Å². The molecule has 0 aliphatic rings. The maximum Gasteiger partial charge on any atom is 0.416 e. The molecule has 22 heavy (non-hydrogen) atoms. The van der Waals surface area contributed by atoms with Crippen molar-refractivity contribution >= 4 is 39.1 Å². The molecular formula is C14H9BrClF3N2O. The van der Waals surface area contributed by atoms with E-state index in [1.54, 1.807) is 0 Å². The van der Waals surface area contributed by atoms with Gasteiger partial charge in [-0.15, -0.1) is 0 Å². The lowest BCUT2D eigenvalue weighted by atomic mass is 10.1. The van der Waals surface area contributed by atoms with Crippen LogP contribution in [0.5, 0.6) is 0 Å². The molecule has 1 N–H and O–H groups in total. The Balaban J connectivity index is 2.31. The summed E-state index contributed by atoms with van der Waals surface area (Å²) in [5.74, 6) is -0.643. The second-order valence-corrected chi connectivity index (χ2v) is 5.75. The van der Waals surface area contributed by atoms with Crippen LogP contribution in [0.4, 0.5) is 18.9 Å². The van der Waals surface area contributed by atoms with Gasteiger partial charge < -0.3 is 5.32 Å². The fourth-order valence-electron chi connectivity index (χ4n) is 1.79. The van der Waals surface area contributed by atoms with Crippen LogP contribution in [0.1, 0.15) is 21.5 Å². The van der Waals surface area contributed by atoms with Crippen molar-refractivity contribution in [3.63, 3.8) is 0 Å². The number of amides is 1. The largest absolute Gasteiger partial charge is 0.416 e. The number of hydrogen-bond acceptors (Lipinski definition) is 2. The zero-order valence-corrected chi connectivity index (χ0v) is 13.5. The number of aryl methyl sites for hydroxylation is 1. The average Bonchev–Trinajstić information content (AvgIpc) is 2.42. The van der Waals surface area contributed by atoms with Crippen molar-refractivity contribution in [3.8, 4) is 0 Å². The van der Waals surface area contributed by atoms with Crippen molar-refractivity contribution in [2.24, 2.45) is 0 Å². The molecule has 2 aromatic rings. The molecule has 1 aromatic heterocycles. The molecular weight excluding hydrogens is 385 g/mol. The van der Waals surface area contributed by atoms with Crippen LogP contribution in [0.2, 0.25) is 5.15 Å². The van der Waals surface area contributed by atoms with Crippen molar-refractivity contribution in [1.82, 2.24) is 4.98 Å². The Hall–Kier alpha value is -1.60. The SMILES string of the molecule is Cc1ccc(NC(=O)c2cc(Br)cnc2Cl)cc1C(F)(F)F. The molecule has 0 atom stereocenters. The number of pyridine rings is 1. The van der Waals surface area contributed by atoms with E-state index in [2.05, 4.69) is 26.2 Å². The van der Waals surface area contributed by atoms with E-state index in [4.69, 9.17) is 11.6 Å². The molecule has 0 aliphatic heterocycles. The monoisotopic (exact) mass is 392 g/mol. The summed E-state index contributed by atoms with van der Waals surface area (Å²) in [5.41, 5.74) is -0.638. The minimum absolute atomic E-state index is 0.0268. The molecule has 0 saturated carbocycles. The highest BCUT2D eigenvalue weighted by Crippen LogP contribution is 2.33. The van der Waals surface area contributed by atoms with Crippen LogP contribution in [0, 0.1) is 6.92 Å². The highest BCUT2D eigenvalue weighted by Gasteiger charge is 2.32. The molecule has 0 bridgehead atoms. The van der Waals surface area contributed by atoms with Crippen LogP contribution >= 0.6 is 27.5 Å². The molecule has 8 heteroatoms. The van der Waals surface area contributed by atoms with Gasteiger partial charge in [-0.05, 0) is 46.6 Å². The number of alkyl halides is 3. The third kappa shape index (κ3) is 3.78. The summed E-state index contributed by atoms with van der Waals surface area (Å²) in [4.78, 5) is 15.9. The van der Waals surface area contributed by atoms with E-state index in [-0.39, 0.29) is 22.0 Å². The van der Waals surface area contributed by atoms with Crippen molar-refractivity contribution in [1.29, 1.82) is 0 Å². The molecule has 2 rings (SSSR count). The summed E-state index contributed by atoms with van der Waals surface area (Å²) in [6.45, 7) is 1.35. The lowest BCUT2D eigenvalue weighted by molar-refractivity contribution is -0.138. The summed E-state index contributed by atoms with van der Waals surface area (Å²) in [5, 5.41) is 2.34. The van der Waals surface area contributed by atoms with E-state index >= 15 is 0 Å². The van der Waals surface area contributed by atoms with Crippen LogP contribution in [0.15, 0.2) is 34.9 Å². The number of aromatic nitrogens is 1. The number of benzene rings is 1. The molecule has 1 heterocycles. The van der Waals surface area contributed by atoms with Crippen molar-refractivity contribution in [2.45, 2.75) is 13.1 Å². The molecule has 0 spiro atoms. The Morgan fingerprint density at radius 1 is 1.32 bits per heavy atom. The Bertz CT molecular complexity index is 735. The molecule has 0 radical (unpaired) electrons. The van der Waals surface area contributed by atoms with Gasteiger partial charge in [-0.25, -0.2) is 4.98 Å². The quantitative estimate of drug-likeness (QED) is 0.723. The molecule has 0 fully saturated rings. The van der Waals surface area contributed by atoms with Gasteiger partial charge in [-0.1, -0.05) is 17.7 Å². The molecule has 0 saturated heterocycles. The smallest absolute Gasteiger partial charge is 0.322 e. The summed E-state index contributed by atoms with van der Waals surface area (Å²) in [6.07, 6.45) is -3.08. The number of halogens is 5. The summed E-state index contributed by atoms with van der Waals surface area (Å²) in [6, 6.07) is 5.00. The number of anilines is 1. The lowest BCUT2D eigenvalue weighted by Crippen LogP contribution is -2.14. The predicted octanol–water partition coefficient (Wildman–Crippen LogP) is 5.08. The Labute approximate surface area is 137 Å². The van der Waals surface area contributed by atoms with Gasteiger partial charge in [-0.2, -0.15) is 13.2 Å². The van der Waals surface area contributed by atoms with Gasteiger partial charge in [0.05, 0.1) is 11.1 Å². The second kappa shape index (κ2) is 6.26. The van der Waals surface area contributed by atoms with Crippen LogP contribution in [-0.2, 0) is 6.18 Å². The number of rotatable bonds is 2. The van der Waals surface area contributed by atoms with Crippen molar-refractivity contribution < 1.29 is 18.0 Å². The summed E-state index contributed by atoms with van der Waals surface area (Å²) >= 11 is 8.96. The topological polar surface area (TPSA) is 42.0 Å². The molecule has 0 unspecified atom stereocenters. The van der Waals surface area contributed by atoms with E-state index in [1.807, 2.05) is 0 Å². The highest BCUT2D eigenvalue weighted by molar-refractivity contribution is 9.10. The second-order valence-electron chi connectivity index (χ2n) is 4.47. The lowest BCUT2D eigenvalue weighted by Gasteiger charge is -2.13. The zero-order valence-electron chi connectivity index (χ0n) is 11.1. The van der Waals surface area contributed by atoms with E-state index in [0.717, 1.165) is 6.07 Å². The van der Waals surface area contributed by atoms with Gasteiger partial charge >= 0.3 is 6.18 Å². The number of nitrogens with one attached hydrogen (secondary N) is 1. The Morgan fingerprint density at radius 3 is 2.64 bits per heavy atom. The van der Waals surface area contributed by atoms with Gasteiger partial charge in [0.25, 0.3) is 5.91 Å². The van der Waals surface area contributed by atoms with Crippen LogP contribution < -0.4 is 5.32 Å². The van der Waals surface area contributed by atoms with E-state index in [9.17, 15) is 18.0 Å². The van der Waals surface area contributed by atoms with E-state index < -0.39 is 17.6 Å². The fraction of sp³-hybridized carbons (Fsp3) is 0.143. The van der Waals surface area contributed by atoms with E-state index in [0.29, 0.717) is 4.47 Å². The van der Waals surface area contributed by atoms with Crippen LogP contribution in [-0.4, -0.2) is 10.9 Å². The van der Waals surface area contributed by atoms with Gasteiger partial charge in [0.15, 0.2) is 0 Å². The van der Waals surface area contributed by atoms with Crippen molar-refractivity contribution in [2.75, 3.05) is 5.32 Å². The number of nitrogens with zero attached hydrogens (tertiary/aromatic N) is 1. The number of hydrogen-bond donors (Lipinski definition) is 1. The third-order valence-electron chi connectivity index (χ3n) is 2.85. The minimum Gasteiger partial charge on any atom is -0.322 e. The average molecular weight is 394 g/mol. The van der Waals surface area contributed by atoms with Gasteiger partial charge in [0.1, 0.15) is 5.15 Å². The van der Waals surface area contributed by atoms with E-state index in [1.165, 1.54) is 31.3 Å². The minimum atomic E-state index is -4.49. The van der Waals surface area contributed by atoms with Gasteiger partial charge in [0.2, 0.25) is 0 Å². The summed E-state index contributed by atoms with van der Waals surface area (Å²) < 4.78 is 39.1. The first kappa shape index (κ1) is 16.8. The summed E-state index contributed by atoms with van der Waals surface area (Å²) in [7, 11) is 0. The zero-order chi connectivity index (χ0) is 16.5. The number of carbonyl (C=O) groups is 1. The Kier molecular flexibility index (Phi) is 4.77. The predicted molar refractivity (Wildman–Crippen MR) is 81.1 cm³/mol. The standard InChI is InChI=1S/C14H9BrClF3N2O/c1-7-2-3-9(5-11(7)14(17,18)19)21-13(22)10-4-8(15)6-20-12(10)16/h2-6H,1H3,(H,21,22). The molecule has 116 valence electrons.